The molecule has 0 aliphatic heterocycles. The summed E-state index contributed by atoms with van der Waals surface area (Å²) < 4.78 is 0. The molecule has 0 saturated carbocycles. The number of amides is 1. The molecule has 0 aromatic heterocycles. The van der Waals surface area contributed by atoms with Crippen molar-refractivity contribution in [2.75, 3.05) is 11.4 Å². The third-order valence-corrected chi connectivity index (χ3v) is 3.69. The van der Waals surface area contributed by atoms with E-state index >= 15 is 0 Å². The molecule has 0 radical (unpaired) electrons. The Kier molecular flexibility index (Phi) is 5.46. The second-order valence-corrected chi connectivity index (χ2v) is 5.40. The van der Waals surface area contributed by atoms with E-state index in [-0.39, 0.29) is 11.6 Å². The molecule has 0 spiro atoms. The molecule has 23 heavy (non-hydrogen) atoms. The number of carbonyl (C=O) groups excluding carboxylic acids is 1. The number of unbranched alkanes of at least 4 members (excludes halogenated alkanes) is 1. The van der Waals surface area contributed by atoms with Crippen LogP contribution < -0.4 is 4.90 Å². The Bertz CT molecular complexity index is 699. The number of benzene rings is 2. The number of carbonyl (C=O) groups is 1. The molecule has 0 atom stereocenters. The first-order chi connectivity index (χ1) is 11.0. The normalized spacial score (nSPS) is 10.3. The van der Waals surface area contributed by atoms with E-state index in [9.17, 15) is 14.9 Å². The van der Waals surface area contributed by atoms with Crippen molar-refractivity contribution < 1.29 is 9.72 Å². The van der Waals surface area contributed by atoms with Crippen LogP contribution in [0.25, 0.3) is 0 Å². The molecule has 0 aliphatic carbocycles. The molecule has 0 saturated heterocycles. The Hall–Kier alpha value is -2.69. The summed E-state index contributed by atoms with van der Waals surface area (Å²) >= 11 is 0. The third kappa shape index (κ3) is 3.94. The summed E-state index contributed by atoms with van der Waals surface area (Å²) in [6.07, 6.45) is 1.88. The number of hydrogen-bond acceptors (Lipinski definition) is 3. The molecular weight excluding hydrogens is 292 g/mol. The molecule has 0 N–H and O–H groups in total. The van der Waals surface area contributed by atoms with E-state index in [4.69, 9.17) is 0 Å². The fourth-order valence-electron chi connectivity index (χ4n) is 2.42. The minimum Gasteiger partial charge on any atom is -0.308 e. The molecule has 0 unspecified atom stereocenters. The van der Waals surface area contributed by atoms with Crippen LogP contribution in [-0.4, -0.2) is 17.4 Å². The zero-order valence-electron chi connectivity index (χ0n) is 13.4. The van der Waals surface area contributed by atoms with Gasteiger partial charge in [-0.05, 0) is 37.6 Å². The molecular formula is C18H20N2O3. The zero-order valence-corrected chi connectivity index (χ0v) is 13.4. The lowest BCUT2D eigenvalue weighted by atomic mass is 10.1. The van der Waals surface area contributed by atoms with Crippen molar-refractivity contribution in [2.45, 2.75) is 26.7 Å². The monoisotopic (exact) mass is 312 g/mol. The number of rotatable bonds is 6. The number of nitro groups is 1. The molecule has 120 valence electrons. The van der Waals surface area contributed by atoms with E-state index in [0.717, 1.165) is 18.5 Å². The van der Waals surface area contributed by atoms with Crippen molar-refractivity contribution in [3.8, 4) is 0 Å². The highest BCUT2D eigenvalue weighted by Gasteiger charge is 2.19. The maximum absolute atomic E-state index is 12.8. The summed E-state index contributed by atoms with van der Waals surface area (Å²) in [4.78, 5) is 25.0. The van der Waals surface area contributed by atoms with E-state index < -0.39 is 4.92 Å². The largest absolute Gasteiger partial charge is 0.308 e. The van der Waals surface area contributed by atoms with Gasteiger partial charge in [-0.15, -0.1) is 0 Å². The lowest BCUT2D eigenvalue weighted by Crippen LogP contribution is -2.31. The fraction of sp³-hybridized carbons (Fsp3) is 0.278. The van der Waals surface area contributed by atoms with E-state index in [2.05, 4.69) is 6.92 Å². The van der Waals surface area contributed by atoms with Crippen LogP contribution in [0, 0.1) is 17.0 Å². The predicted molar refractivity (Wildman–Crippen MR) is 90.9 cm³/mol. The molecule has 5 heteroatoms. The predicted octanol–water partition coefficient (Wildman–Crippen LogP) is 4.35. The fourth-order valence-corrected chi connectivity index (χ4v) is 2.42. The molecule has 0 bridgehead atoms. The van der Waals surface area contributed by atoms with Crippen molar-refractivity contribution >= 4 is 17.3 Å². The lowest BCUT2D eigenvalue weighted by molar-refractivity contribution is -0.385. The first-order valence-electron chi connectivity index (χ1n) is 7.66. The quantitative estimate of drug-likeness (QED) is 0.588. The highest BCUT2D eigenvalue weighted by molar-refractivity contribution is 6.06. The van der Waals surface area contributed by atoms with Gasteiger partial charge in [-0.2, -0.15) is 0 Å². The first kappa shape index (κ1) is 16.7. The first-order valence-corrected chi connectivity index (χ1v) is 7.66. The van der Waals surface area contributed by atoms with E-state index in [0.29, 0.717) is 17.7 Å². The molecule has 0 heterocycles. The Labute approximate surface area is 135 Å². The average Bonchev–Trinajstić information content (AvgIpc) is 2.55. The van der Waals surface area contributed by atoms with Crippen LogP contribution in [0.2, 0.25) is 0 Å². The van der Waals surface area contributed by atoms with Crippen molar-refractivity contribution in [3.63, 3.8) is 0 Å². The summed E-state index contributed by atoms with van der Waals surface area (Å²) in [5.41, 5.74) is 1.82. The highest BCUT2D eigenvalue weighted by Crippen LogP contribution is 2.22. The maximum Gasteiger partial charge on any atom is 0.272 e. The van der Waals surface area contributed by atoms with Gasteiger partial charge in [0.1, 0.15) is 0 Å². The van der Waals surface area contributed by atoms with Gasteiger partial charge in [0.15, 0.2) is 0 Å². The SMILES string of the molecule is CCCCN(C(=O)c1ccc([N+](=O)[O-])c(C)c1)c1ccccc1. The van der Waals surface area contributed by atoms with Crippen LogP contribution in [0.4, 0.5) is 11.4 Å². The molecule has 5 nitrogen and oxygen atoms in total. The summed E-state index contributed by atoms with van der Waals surface area (Å²) in [5, 5.41) is 10.9. The standard InChI is InChI=1S/C18H20N2O3/c1-3-4-12-19(16-8-6-5-7-9-16)18(21)15-10-11-17(20(22)23)14(2)13-15/h5-11,13H,3-4,12H2,1-2H3. The lowest BCUT2D eigenvalue weighted by Gasteiger charge is -2.23. The van der Waals surface area contributed by atoms with Gasteiger partial charge < -0.3 is 4.90 Å². The molecule has 0 fully saturated rings. The van der Waals surface area contributed by atoms with Crippen molar-refractivity contribution in [3.05, 3.63) is 69.8 Å². The smallest absolute Gasteiger partial charge is 0.272 e. The number of nitrogens with zero attached hydrogens (tertiary/aromatic N) is 2. The van der Waals surface area contributed by atoms with Gasteiger partial charge in [0.05, 0.1) is 4.92 Å². The number of para-hydroxylation sites is 1. The Morgan fingerprint density at radius 3 is 2.43 bits per heavy atom. The van der Waals surface area contributed by atoms with Gasteiger partial charge in [-0.1, -0.05) is 31.5 Å². The van der Waals surface area contributed by atoms with Crippen LogP contribution in [0.15, 0.2) is 48.5 Å². The van der Waals surface area contributed by atoms with Crippen LogP contribution in [0.5, 0.6) is 0 Å². The number of hydrogen-bond donors (Lipinski definition) is 0. The summed E-state index contributed by atoms with van der Waals surface area (Å²) in [5.74, 6) is -0.136. The van der Waals surface area contributed by atoms with Crippen LogP contribution in [-0.2, 0) is 0 Å². The van der Waals surface area contributed by atoms with Gasteiger partial charge in [-0.25, -0.2) is 0 Å². The molecule has 2 aromatic rings. The van der Waals surface area contributed by atoms with E-state index in [1.165, 1.54) is 12.1 Å². The van der Waals surface area contributed by atoms with Gasteiger partial charge in [-0.3, -0.25) is 14.9 Å². The Morgan fingerprint density at radius 1 is 1.17 bits per heavy atom. The van der Waals surface area contributed by atoms with Crippen molar-refractivity contribution in [2.24, 2.45) is 0 Å². The second kappa shape index (κ2) is 7.54. The average molecular weight is 312 g/mol. The molecule has 2 rings (SSSR count). The number of aryl methyl sites for hydroxylation is 1. The number of anilines is 1. The summed E-state index contributed by atoms with van der Waals surface area (Å²) in [6, 6.07) is 14.0. The third-order valence-electron chi connectivity index (χ3n) is 3.69. The van der Waals surface area contributed by atoms with Crippen LogP contribution in [0.3, 0.4) is 0 Å². The van der Waals surface area contributed by atoms with Gasteiger partial charge in [0.2, 0.25) is 0 Å². The van der Waals surface area contributed by atoms with Crippen LogP contribution in [0.1, 0.15) is 35.7 Å². The second-order valence-electron chi connectivity index (χ2n) is 5.40. The number of nitro benzene ring substituents is 1. The maximum atomic E-state index is 12.8. The highest BCUT2D eigenvalue weighted by atomic mass is 16.6. The minimum absolute atomic E-state index is 0.0290. The van der Waals surface area contributed by atoms with Gasteiger partial charge in [0.25, 0.3) is 11.6 Å². The topological polar surface area (TPSA) is 63.5 Å². The van der Waals surface area contributed by atoms with Gasteiger partial charge in [0, 0.05) is 29.4 Å². The van der Waals surface area contributed by atoms with E-state index in [1.54, 1.807) is 17.9 Å². The van der Waals surface area contributed by atoms with Crippen molar-refractivity contribution in [1.82, 2.24) is 0 Å². The molecule has 0 aliphatic rings. The zero-order chi connectivity index (χ0) is 16.8. The van der Waals surface area contributed by atoms with Gasteiger partial charge >= 0.3 is 0 Å². The minimum atomic E-state index is -0.435. The molecule has 1 amide bonds. The summed E-state index contributed by atoms with van der Waals surface area (Å²) in [7, 11) is 0. The summed E-state index contributed by atoms with van der Waals surface area (Å²) in [6.45, 7) is 4.34. The van der Waals surface area contributed by atoms with Crippen molar-refractivity contribution in [1.29, 1.82) is 0 Å². The molecule has 2 aromatic carbocycles. The van der Waals surface area contributed by atoms with E-state index in [1.807, 2.05) is 30.3 Å². The Morgan fingerprint density at radius 2 is 1.87 bits per heavy atom. The Balaban J connectivity index is 2.34. The van der Waals surface area contributed by atoms with Crippen LogP contribution >= 0.6 is 0 Å².